The van der Waals surface area contributed by atoms with E-state index in [9.17, 15) is 0 Å². The van der Waals surface area contributed by atoms with Crippen molar-refractivity contribution in [1.29, 1.82) is 0 Å². The van der Waals surface area contributed by atoms with Gasteiger partial charge in [-0.1, -0.05) is 69.7 Å². The Hall–Kier alpha value is 0.140. The van der Waals surface area contributed by atoms with Gasteiger partial charge in [0.05, 0.1) is 12.2 Å². The van der Waals surface area contributed by atoms with E-state index >= 15 is 0 Å². The lowest BCUT2D eigenvalue weighted by Gasteiger charge is -2.23. The van der Waals surface area contributed by atoms with Gasteiger partial charge < -0.3 is 4.74 Å². The number of benzene rings is 1. The molecule has 0 amide bonds. The van der Waals surface area contributed by atoms with Crippen molar-refractivity contribution < 1.29 is 4.74 Å². The van der Waals surface area contributed by atoms with E-state index in [-0.39, 0.29) is 6.10 Å². The maximum atomic E-state index is 6.29. The predicted molar refractivity (Wildman–Crippen MR) is 83.3 cm³/mol. The first kappa shape index (κ1) is 14.5. The summed E-state index contributed by atoms with van der Waals surface area (Å²) in [6, 6.07) is 8.43. The molecule has 1 saturated carbocycles. The highest BCUT2D eigenvalue weighted by atomic mass is 79.9. The summed E-state index contributed by atoms with van der Waals surface area (Å²) in [6.45, 7) is 0. The summed E-state index contributed by atoms with van der Waals surface area (Å²) < 4.78 is 7.41. The van der Waals surface area contributed by atoms with E-state index < -0.39 is 0 Å². The summed E-state index contributed by atoms with van der Waals surface area (Å²) in [6.07, 6.45) is 8.43. The summed E-state index contributed by atoms with van der Waals surface area (Å²) in [5.41, 5.74) is 1.26. The molecule has 0 radical (unpaired) electrons. The first-order chi connectivity index (χ1) is 8.79. The van der Waals surface area contributed by atoms with Gasteiger partial charge in [0, 0.05) is 9.80 Å². The van der Waals surface area contributed by atoms with Crippen molar-refractivity contribution in [3.8, 4) is 0 Å². The molecule has 1 nitrogen and oxygen atoms in total. The van der Waals surface area contributed by atoms with Gasteiger partial charge in [-0.25, -0.2) is 0 Å². The Balaban J connectivity index is 1.99. The molecule has 3 heteroatoms. The van der Waals surface area contributed by atoms with Crippen molar-refractivity contribution in [2.75, 3.05) is 5.33 Å². The van der Waals surface area contributed by atoms with Crippen LogP contribution in [-0.4, -0.2) is 11.4 Å². The summed E-state index contributed by atoms with van der Waals surface area (Å²) in [5.74, 6) is 0. The predicted octanol–water partition coefficient (Wildman–Crippen LogP) is 5.62. The molecule has 0 bridgehead atoms. The van der Waals surface area contributed by atoms with Gasteiger partial charge >= 0.3 is 0 Å². The van der Waals surface area contributed by atoms with Crippen molar-refractivity contribution in [1.82, 2.24) is 0 Å². The van der Waals surface area contributed by atoms with Crippen LogP contribution in [0.2, 0.25) is 0 Å². The van der Waals surface area contributed by atoms with Crippen LogP contribution < -0.4 is 0 Å². The highest BCUT2D eigenvalue weighted by Gasteiger charge is 2.19. The van der Waals surface area contributed by atoms with E-state index in [4.69, 9.17) is 4.74 Å². The quantitative estimate of drug-likeness (QED) is 0.489. The van der Waals surface area contributed by atoms with Crippen LogP contribution in [0.5, 0.6) is 0 Å². The number of rotatable bonds is 4. The number of alkyl halides is 1. The Labute approximate surface area is 127 Å². The number of hydrogen-bond acceptors (Lipinski definition) is 1. The fraction of sp³-hybridized carbons (Fsp3) is 0.600. The molecule has 1 aliphatic carbocycles. The maximum absolute atomic E-state index is 6.29. The van der Waals surface area contributed by atoms with Crippen molar-refractivity contribution in [3.05, 3.63) is 34.3 Å². The first-order valence-corrected chi connectivity index (χ1v) is 8.68. The van der Waals surface area contributed by atoms with Gasteiger partial charge in [0.2, 0.25) is 0 Å². The summed E-state index contributed by atoms with van der Waals surface area (Å²) in [5, 5.41) is 0.861. The van der Waals surface area contributed by atoms with Crippen LogP contribution in [0.25, 0.3) is 0 Å². The van der Waals surface area contributed by atoms with E-state index in [1.54, 1.807) is 0 Å². The molecule has 0 spiro atoms. The lowest BCUT2D eigenvalue weighted by atomic mass is 10.1. The van der Waals surface area contributed by atoms with Crippen LogP contribution in [0.1, 0.15) is 50.2 Å². The minimum Gasteiger partial charge on any atom is -0.369 e. The largest absolute Gasteiger partial charge is 0.369 e. The van der Waals surface area contributed by atoms with Gasteiger partial charge in [-0.3, -0.25) is 0 Å². The Morgan fingerprint density at radius 1 is 1.17 bits per heavy atom. The Kier molecular flexibility index (Phi) is 6.19. The SMILES string of the molecule is BrCC(OC1CCCCCC1)c1cccc(Br)c1. The van der Waals surface area contributed by atoms with Gasteiger partial charge in [-0.15, -0.1) is 0 Å². The zero-order valence-corrected chi connectivity index (χ0v) is 13.8. The van der Waals surface area contributed by atoms with Gasteiger partial charge in [0.1, 0.15) is 0 Å². The number of hydrogen-bond donors (Lipinski definition) is 0. The van der Waals surface area contributed by atoms with Crippen LogP contribution in [0.4, 0.5) is 0 Å². The van der Waals surface area contributed by atoms with E-state index in [1.165, 1.54) is 44.1 Å². The third kappa shape index (κ3) is 4.36. The topological polar surface area (TPSA) is 9.23 Å². The van der Waals surface area contributed by atoms with Gasteiger partial charge in [-0.2, -0.15) is 0 Å². The van der Waals surface area contributed by atoms with Crippen LogP contribution in [0, 0.1) is 0 Å². The molecule has 1 aliphatic rings. The summed E-state index contributed by atoms with van der Waals surface area (Å²) >= 11 is 7.11. The Morgan fingerprint density at radius 2 is 1.89 bits per heavy atom. The normalized spacial score (nSPS) is 19.4. The third-order valence-electron chi connectivity index (χ3n) is 3.52. The molecule has 0 aromatic heterocycles. The average Bonchev–Trinajstić information content (AvgIpc) is 2.64. The van der Waals surface area contributed by atoms with E-state index in [2.05, 4.69) is 56.1 Å². The second-order valence-electron chi connectivity index (χ2n) is 4.95. The van der Waals surface area contributed by atoms with Gasteiger partial charge in [0.25, 0.3) is 0 Å². The average molecular weight is 376 g/mol. The molecular weight excluding hydrogens is 356 g/mol. The van der Waals surface area contributed by atoms with Gasteiger partial charge in [0.15, 0.2) is 0 Å². The maximum Gasteiger partial charge on any atom is 0.0925 e. The highest BCUT2D eigenvalue weighted by Crippen LogP contribution is 2.28. The Bertz CT molecular complexity index is 359. The molecule has 18 heavy (non-hydrogen) atoms. The lowest BCUT2D eigenvalue weighted by molar-refractivity contribution is -0.00793. The molecular formula is C15H20Br2O. The van der Waals surface area contributed by atoms with E-state index in [0.717, 1.165) is 9.80 Å². The summed E-state index contributed by atoms with van der Waals surface area (Å²) in [7, 11) is 0. The second-order valence-corrected chi connectivity index (χ2v) is 6.51. The fourth-order valence-corrected chi connectivity index (χ4v) is 3.46. The molecule has 2 rings (SSSR count). The molecule has 1 unspecified atom stereocenters. The van der Waals surface area contributed by atoms with Crippen molar-refractivity contribution in [3.63, 3.8) is 0 Å². The number of halogens is 2. The molecule has 0 N–H and O–H groups in total. The van der Waals surface area contributed by atoms with Crippen LogP contribution >= 0.6 is 31.9 Å². The monoisotopic (exact) mass is 374 g/mol. The smallest absolute Gasteiger partial charge is 0.0925 e. The molecule has 1 atom stereocenters. The molecule has 0 heterocycles. The zero-order chi connectivity index (χ0) is 12.8. The van der Waals surface area contributed by atoms with E-state index in [1.807, 2.05) is 0 Å². The zero-order valence-electron chi connectivity index (χ0n) is 10.6. The van der Waals surface area contributed by atoms with Crippen molar-refractivity contribution in [2.24, 2.45) is 0 Å². The molecule has 0 aliphatic heterocycles. The first-order valence-electron chi connectivity index (χ1n) is 6.76. The van der Waals surface area contributed by atoms with Crippen molar-refractivity contribution in [2.45, 2.75) is 50.7 Å². The van der Waals surface area contributed by atoms with Gasteiger partial charge in [-0.05, 0) is 30.5 Å². The van der Waals surface area contributed by atoms with Crippen LogP contribution in [-0.2, 0) is 4.74 Å². The summed E-state index contributed by atoms with van der Waals surface area (Å²) in [4.78, 5) is 0. The number of ether oxygens (including phenoxy) is 1. The van der Waals surface area contributed by atoms with Crippen LogP contribution in [0.15, 0.2) is 28.7 Å². The third-order valence-corrected chi connectivity index (χ3v) is 4.60. The molecule has 1 aromatic carbocycles. The Morgan fingerprint density at radius 3 is 2.50 bits per heavy atom. The van der Waals surface area contributed by atoms with Crippen molar-refractivity contribution >= 4 is 31.9 Å². The molecule has 1 aromatic rings. The minimum atomic E-state index is 0.172. The molecule has 0 saturated heterocycles. The van der Waals surface area contributed by atoms with E-state index in [0.29, 0.717) is 6.10 Å². The lowest BCUT2D eigenvalue weighted by Crippen LogP contribution is -2.17. The molecule has 100 valence electrons. The second kappa shape index (κ2) is 7.66. The van der Waals surface area contributed by atoms with Crippen LogP contribution in [0.3, 0.4) is 0 Å². The standard InChI is InChI=1S/C15H20Br2O/c16-11-15(12-6-5-7-13(17)10-12)18-14-8-3-1-2-4-9-14/h5-7,10,14-15H,1-4,8-9,11H2. The molecule has 1 fully saturated rings. The highest BCUT2D eigenvalue weighted by molar-refractivity contribution is 9.10. The minimum absolute atomic E-state index is 0.172. The fourth-order valence-electron chi connectivity index (χ4n) is 2.52.